The Kier molecular flexibility index (Phi) is 3.05. The molecule has 0 bridgehead atoms. The summed E-state index contributed by atoms with van der Waals surface area (Å²) in [6.07, 6.45) is 0.831. The molecule has 0 unspecified atom stereocenters. The van der Waals surface area contributed by atoms with E-state index in [4.69, 9.17) is 9.39 Å². The molecule has 0 amide bonds. The van der Waals surface area contributed by atoms with Gasteiger partial charge < -0.3 is 14.4 Å². The van der Waals surface area contributed by atoms with Gasteiger partial charge in [-0.15, -0.1) is 0 Å². The van der Waals surface area contributed by atoms with E-state index in [0.717, 1.165) is 23.2 Å². The zero-order valence-electron chi connectivity index (χ0n) is 9.87. The van der Waals surface area contributed by atoms with Crippen molar-refractivity contribution in [3.8, 4) is 11.5 Å². The highest BCUT2D eigenvalue weighted by molar-refractivity contribution is 6.60. The van der Waals surface area contributed by atoms with Gasteiger partial charge in [0.1, 0.15) is 11.5 Å². The molecular formula is C14H13BO3. The monoisotopic (exact) mass is 240 g/mol. The maximum absolute atomic E-state index is 9.77. The Morgan fingerprint density at radius 3 is 2.72 bits per heavy atom. The van der Waals surface area contributed by atoms with Crippen LogP contribution in [-0.4, -0.2) is 18.7 Å². The van der Waals surface area contributed by atoms with E-state index in [1.807, 2.05) is 48.5 Å². The van der Waals surface area contributed by atoms with Crippen LogP contribution in [0.1, 0.15) is 5.56 Å². The molecule has 2 aromatic rings. The molecule has 90 valence electrons. The largest absolute Gasteiger partial charge is 0.491 e. The molecule has 1 N–H and O–H groups in total. The van der Waals surface area contributed by atoms with Crippen molar-refractivity contribution in [1.82, 2.24) is 0 Å². The van der Waals surface area contributed by atoms with Gasteiger partial charge in [-0.05, 0) is 41.7 Å². The third kappa shape index (κ3) is 2.25. The highest BCUT2D eigenvalue weighted by Gasteiger charge is 2.25. The molecule has 0 fully saturated rings. The fourth-order valence-corrected chi connectivity index (χ4v) is 2.09. The molecule has 3 nitrogen and oxygen atoms in total. The van der Waals surface area contributed by atoms with E-state index in [2.05, 4.69) is 0 Å². The van der Waals surface area contributed by atoms with Crippen LogP contribution in [0.15, 0.2) is 48.5 Å². The van der Waals surface area contributed by atoms with Crippen LogP contribution < -0.4 is 10.2 Å². The van der Waals surface area contributed by atoms with Crippen LogP contribution in [0.2, 0.25) is 0 Å². The summed E-state index contributed by atoms with van der Waals surface area (Å²) in [6, 6.07) is 15.3. The van der Waals surface area contributed by atoms with Gasteiger partial charge in [-0.25, -0.2) is 0 Å². The van der Waals surface area contributed by atoms with Crippen LogP contribution in [0.25, 0.3) is 0 Å². The molecule has 1 aliphatic rings. The molecule has 0 spiro atoms. The molecule has 3 rings (SSSR count). The van der Waals surface area contributed by atoms with Gasteiger partial charge in [0.25, 0.3) is 0 Å². The van der Waals surface area contributed by atoms with Gasteiger partial charge in [0, 0.05) is 6.61 Å². The molecule has 2 aromatic carbocycles. The summed E-state index contributed by atoms with van der Waals surface area (Å²) in [7, 11) is -0.840. The predicted molar refractivity (Wildman–Crippen MR) is 70.2 cm³/mol. The van der Waals surface area contributed by atoms with E-state index < -0.39 is 7.12 Å². The normalized spacial score (nSPS) is 14.2. The molecule has 0 atom stereocenters. The minimum absolute atomic E-state index is 0.563. The Hall–Kier alpha value is -1.78. The summed E-state index contributed by atoms with van der Waals surface area (Å²) in [4.78, 5) is 0. The fourth-order valence-electron chi connectivity index (χ4n) is 2.09. The fraction of sp³-hybridized carbons (Fsp3) is 0.143. The number of para-hydroxylation sites is 1. The van der Waals surface area contributed by atoms with Crippen molar-refractivity contribution in [3.63, 3.8) is 0 Å². The quantitative estimate of drug-likeness (QED) is 0.812. The van der Waals surface area contributed by atoms with Crippen LogP contribution in [0, 0.1) is 0 Å². The van der Waals surface area contributed by atoms with E-state index in [0.29, 0.717) is 12.4 Å². The van der Waals surface area contributed by atoms with Gasteiger partial charge in [-0.1, -0.05) is 24.3 Å². The Morgan fingerprint density at radius 1 is 1.06 bits per heavy atom. The minimum atomic E-state index is -0.840. The third-order valence-corrected chi connectivity index (χ3v) is 3.01. The molecule has 0 aliphatic carbocycles. The van der Waals surface area contributed by atoms with E-state index in [1.165, 1.54) is 0 Å². The van der Waals surface area contributed by atoms with Crippen LogP contribution in [0.5, 0.6) is 11.5 Å². The molecule has 1 heterocycles. The first-order valence-electron chi connectivity index (χ1n) is 5.98. The number of ether oxygens (including phenoxy) is 1. The molecule has 1 aliphatic heterocycles. The second kappa shape index (κ2) is 4.84. The lowest BCUT2D eigenvalue weighted by molar-refractivity contribution is 0.266. The number of benzene rings is 2. The van der Waals surface area contributed by atoms with Crippen molar-refractivity contribution in [3.05, 3.63) is 54.1 Å². The van der Waals surface area contributed by atoms with E-state index >= 15 is 0 Å². The Balaban J connectivity index is 1.88. The molecule has 4 heteroatoms. The van der Waals surface area contributed by atoms with E-state index in [-0.39, 0.29) is 0 Å². The lowest BCUT2D eigenvalue weighted by Gasteiger charge is -2.19. The topological polar surface area (TPSA) is 38.7 Å². The summed E-state index contributed by atoms with van der Waals surface area (Å²) in [6.45, 7) is 0.563. The number of hydrogen-bond acceptors (Lipinski definition) is 3. The first-order chi connectivity index (χ1) is 8.83. The Bertz CT molecular complexity index is 542. The van der Waals surface area contributed by atoms with Crippen LogP contribution >= 0.6 is 0 Å². The molecule has 18 heavy (non-hydrogen) atoms. The van der Waals surface area contributed by atoms with Crippen molar-refractivity contribution in [2.75, 3.05) is 6.61 Å². The Labute approximate surface area is 106 Å². The van der Waals surface area contributed by atoms with Crippen molar-refractivity contribution in [2.24, 2.45) is 0 Å². The summed E-state index contributed by atoms with van der Waals surface area (Å²) in [5.74, 6) is 1.49. The van der Waals surface area contributed by atoms with Crippen LogP contribution in [0.3, 0.4) is 0 Å². The van der Waals surface area contributed by atoms with Crippen LogP contribution in [0.4, 0.5) is 0 Å². The third-order valence-electron chi connectivity index (χ3n) is 3.01. The molecular weight excluding hydrogens is 227 g/mol. The van der Waals surface area contributed by atoms with Crippen molar-refractivity contribution in [1.29, 1.82) is 0 Å². The predicted octanol–water partition coefficient (Wildman–Crippen LogP) is 1.74. The highest BCUT2D eigenvalue weighted by Crippen LogP contribution is 2.21. The van der Waals surface area contributed by atoms with Gasteiger partial charge in [-0.2, -0.15) is 0 Å². The van der Waals surface area contributed by atoms with Gasteiger partial charge >= 0.3 is 7.12 Å². The standard InChI is InChI=1S/C14H13BO3/c16-15-14-10-13(7-6-11(14)8-9-17-15)18-12-4-2-1-3-5-12/h1-7,10,16H,8-9H2. The summed E-state index contributed by atoms with van der Waals surface area (Å²) in [5.41, 5.74) is 1.92. The first kappa shape index (κ1) is 11.3. The van der Waals surface area contributed by atoms with Gasteiger partial charge in [-0.3, -0.25) is 0 Å². The number of fused-ring (bicyclic) bond motifs is 1. The summed E-state index contributed by atoms with van der Waals surface area (Å²) in [5, 5.41) is 9.77. The molecule has 0 saturated heterocycles. The van der Waals surface area contributed by atoms with Crippen LogP contribution in [-0.2, 0) is 11.1 Å². The smallest absolute Gasteiger partial charge is 0.457 e. The summed E-state index contributed by atoms with van der Waals surface area (Å²) >= 11 is 0. The molecule has 0 aromatic heterocycles. The van der Waals surface area contributed by atoms with Crippen molar-refractivity contribution in [2.45, 2.75) is 6.42 Å². The second-order valence-electron chi connectivity index (χ2n) is 4.25. The van der Waals surface area contributed by atoms with E-state index in [9.17, 15) is 5.02 Å². The minimum Gasteiger partial charge on any atom is -0.457 e. The lowest BCUT2D eigenvalue weighted by Crippen LogP contribution is -2.41. The second-order valence-corrected chi connectivity index (χ2v) is 4.25. The lowest BCUT2D eigenvalue weighted by atomic mass is 9.73. The van der Waals surface area contributed by atoms with E-state index in [1.54, 1.807) is 0 Å². The zero-order valence-corrected chi connectivity index (χ0v) is 9.87. The number of rotatable bonds is 2. The average molecular weight is 240 g/mol. The zero-order chi connectivity index (χ0) is 12.4. The maximum atomic E-state index is 9.77. The van der Waals surface area contributed by atoms with Gasteiger partial charge in [0.15, 0.2) is 0 Å². The first-order valence-corrected chi connectivity index (χ1v) is 5.98. The molecule has 0 saturated carbocycles. The summed E-state index contributed by atoms with van der Waals surface area (Å²) < 4.78 is 10.9. The Morgan fingerprint density at radius 2 is 1.89 bits per heavy atom. The maximum Gasteiger partial charge on any atom is 0.491 e. The van der Waals surface area contributed by atoms with Crippen molar-refractivity contribution < 1.29 is 14.4 Å². The average Bonchev–Trinajstić information content (AvgIpc) is 2.41. The SMILES string of the molecule is OB1OCCc2ccc(Oc3ccccc3)cc21. The van der Waals surface area contributed by atoms with Crippen molar-refractivity contribution >= 4 is 12.6 Å². The highest BCUT2D eigenvalue weighted by atomic mass is 16.5. The number of hydrogen-bond donors (Lipinski definition) is 1. The van der Waals surface area contributed by atoms with Gasteiger partial charge in [0.2, 0.25) is 0 Å². The molecule has 0 radical (unpaired) electrons. The van der Waals surface area contributed by atoms with Gasteiger partial charge in [0.05, 0.1) is 0 Å².